The molecule has 0 aromatic heterocycles. The van der Waals surface area contributed by atoms with Crippen LogP contribution in [0.2, 0.25) is 0 Å². The van der Waals surface area contributed by atoms with Gasteiger partial charge in [-0.3, -0.25) is 14.4 Å². The summed E-state index contributed by atoms with van der Waals surface area (Å²) < 4.78 is 12.8. The Labute approximate surface area is 140 Å². The van der Waals surface area contributed by atoms with E-state index in [1.807, 2.05) is 0 Å². The molecule has 0 aliphatic carbocycles. The SMILES string of the molecule is CC(C)N(CC(=O)Nc1ccc(F)cc1)C(=O)CCCCC(=O)O. The van der Waals surface area contributed by atoms with Crippen molar-refractivity contribution in [3.8, 4) is 0 Å². The number of hydrogen-bond donors (Lipinski definition) is 2. The summed E-state index contributed by atoms with van der Waals surface area (Å²) in [5.74, 6) is -1.84. The second-order valence-electron chi connectivity index (χ2n) is 5.77. The van der Waals surface area contributed by atoms with Crippen molar-refractivity contribution in [3.63, 3.8) is 0 Å². The number of aliphatic carboxylic acids is 1. The molecule has 2 amide bonds. The van der Waals surface area contributed by atoms with Crippen LogP contribution in [0.15, 0.2) is 24.3 Å². The summed E-state index contributed by atoms with van der Waals surface area (Å²) in [6.07, 6.45) is 1.12. The molecule has 0 radical (unpaired) electrons. The molecule has 0 aliphatic heterocycles. The zero-order valence-corrected chi connectivity index (χ0v) is 13.9. The summed E-state index contributed by atoms with van der Waals surface area (Å²) in [6.45, 7) is 3.51. The highest BCUT2D eigenvalue weighted by atomic mass is 19.1. The predicted octanol–water partition coefficient (Wildman–Crippen LogP) is 2.65. The Morgan fingerprint density at radius 3 is 2.25 bits per heavy atom. The predicted molar refractivity (Wildman–Crippen MR) is 88.0 cm³/mol. The zero-order valence-electron chi connectivity index (χ0n) is 13.9. The number of nitrogens with one attached hydrogen (secondary N) is 1. The molecule has 24 heavy (non-hydrogen) atoms. The van der Waals surface area contributed by atoms with Crippen molar-refractivity contribution in [1.82, 2.24) is 4.90 Å². The lowest BCUT2D eigenvalue weighted by molar-refractivity contribution is -0.138. The van der Waals surface area contributed by atoms with E-state index in [0.29, 0.717) is 18.5 Å². The van der Waals surface area contributed by atoms with Crippen LogP contribution in [0.1, 0.15) is 39.5 Å². The Kier molecular flexibility index (Phi) is 7.88. The van der Waals surface area contributed by atoms with Gasteiger partial charge in [0.1, 0.15) is 12.4 Å². The number of nitrogens with zero attached hydrogens (tertiary/aromatic N) is 1. The quantitative estimate of drug-likeness (QED) is 0.678. The maximum atomic E-state index is 12.8. The number of anilines is 1. The van der Waals surface area contributed by atoms with Gasteiger partial charge in [-0.25, -0.2) is 4.39 Å². The highest BCUT2D eigenvalue weighted by Crippen LogP contribution is 2.10. The molecule has 0 spiro atoms. The Morgan fingerprint density at radius 2 is 1.71 bits per heavy atom. The lowest BCUT2D eigenvalue weighted by atomic mass is 10.1. The van der Waals surface area contributed by atoms with Crippen LogP contribution >= 0.6 is 0 Å². The van der Waals surface area contributed by atoms with E-state index in [2.05, 4.69) is 5.32 Å². The van der Waals surface area contributed by atoms with Crippen molar-refractivity contribution in [2.24, 2.45) is 0 Å². The third kappa shape index (κ3) is 7.21. The molecule has 2 N–H and O–H groups in total. The largest absolute Gasteiger partial charge is 0.481 e. The van der Waals surface area contributed by atoms with Gasteiger partial charge in [0.05, 0.1) is 0 Å². The molecule has 1 aromatic carbocycles. The molecule has 0 fully saturated rings. The second kappa shape index (κ2) is 9.64. The van der Waals surface area contributed by atoms with Crippen molar-refractivity contribution >= 4 is 23.5 Å². The van der Waals surface area contributed by atoms with Crippen LogP contribution in [0.5, 0.6) is 0 Å². The minimum absolute atomic E-state index is 0.0278. The normalized spacial score (nSPS) is 10.5. The third-order valence-electron chi connectivity index (χ3n) is 3.42. The van der Waals surface area contributed by atoms with Crippen molar-refractivity contribution in [2.45, 2.75) is 45.6 Å². The van der Waals surface area contributed by atoms with Crippen LogP contribution in [0, 0.1) is 5.82 Å². The molecule has 6 nitrogen and oxygen atoms in total. The van der Waals surface area contributed by atoms with Crippen molar-refractivity contribution < 1.29 is 23.9 Å². The van der Waals surface area contributed by atoms with Gasteiger partial charge in [-0.2, -0.15) is 0 Å². The minimum atomic E-state index is -0.887. The number of rotatable bonds is 9. The van der Waals surface area contributed by atoms with E-state index in [1.165, 1.54) is 29.2 Å². The fourth-order valence-corrected chi connectivity index (χ4v) is 2.14. The number of hydrogen-bond acceptors (Lipinski definition) is 3. The molecular formula is C17H23FN2O4. The molecule has 0 saturated heterocycles. The highest BCUT2D eigenvalue weighted by molar-refractivity contribution is 5.94. The molecule has 0 bridgehead atoms. The number of benzene rings is 1. The van der Waals surface area contributed by atoms with Crippen LogP contribution in [0.4, 0.5) is 10.1 Å². The van der Waals surface area contributed by atoms with E-state index >= 15 is 0 Å². The second-order valence-corrected chi connectivity index (χ2v) is 5.77. The molecule has 0 atom stereocenters. The van der Waals surface area contributed by atoms with Gasteiger partial charge in [-0.05, 0) is 51.0 Å². The first-order chi connectivity index (χ1) is 11.3. The maximum Gasteiger partial charge on any atom is 0.303 e. The first-order valence-corrected chi connectivity index (χ1v) is 7.86. The van der Waals surface area contributed by atoms with Crippen LogP contribution in [-0.2, 0) is 14.4 Å². The monoisotopic (exact) mass is 338 g/mol. The van der Waals surface area contributed by atoms with Crippen molar-refractivity contribution in [1.29, 1.82) is 0 Å². The fraction of sp³-hybridized carbons (Fsp3) is 0.471. The van der Waals surface area contributed by atoms with Crippen LogP contribution in [0.3, 0.4) is 0 Å². The molecule has 1 aromatic rings. The number of halogens is 1. The molecule has 0 aliphatic rings. The molecule has 7 heteroatoms. The van der Waals surface area contributed by atoms with E-state index < -0.39 is 11.8 Å². The topological polar surface area (TPSA) is 86.7 Å². The van der Waals surface area contributed by atoms with E-state index in [4.69, 9.17) is 5.11 Å². The third-order valence-corrected chi connectivity index (χ3v) is 3.42. The number of carboxylic acid groups (broad SMARTS) is 1. The zero-order chi connectivity index (χ0) is 18.1. The number of unbranched alkanes of at least 4 members (excludes halogenated alkanes) is 1. The van der Waals surface area contributed by atoms with Gasteiger partial charge in [0, 0.05) is 24.6 Å². The van der Waals surface area contributed by atoms with Gasteiger partial charge in [0.25, 0.3) is 0 Å². The van der Waals surface area contributed by atoms with Gasteiger partial charge < -0.3 is 15.3 Å². The summed E-state index contributed by atoms with van der Waals surface area (Å²) in [6, 6.07) is 5.21. The minimum Gasteiger partial charge on any atom is -0.481 e. The Bertz CT molecular complexity index is 572. The summed E-state index contributed by atoms with van der Waals surface area (Å²) in [4.78, 5) is 36.2. The highest BCUT2D eigenvalue weighted by Gasteiger charge is 2.19. The maximum absolute atomic E-state index is 12.8. The first kappa shape index (κ1) is 19.6. The smallest absolute Gasteiger partial charge is 0.303 e. The van der Waals surface area contributed by atoms with Crippen LogP contribution < -0.4 is 5.32 Å². The summed E-state index contributed by atoms with van der Waals surface area (Å²) in [7, 11) is 0. The molecule has 0 heterocycles. The van der Waals surface area contributed by atoms with Gasteiger partial charge in [0.2, 0.25) is 11.8 Å². The number of carboxylic acids is 1. The number of carbonyl (C=O) groups excluding carboxylic acids is 2. The lowest BCUT2D eigenvalue weighted by Crippen LogP contribution is -2.42. The average molecular weight is 338 g/mol. The summed E-state index contributed by atoms with van der Waals surface area (Å²) in [5, 5.41) is 11.2. The summed E-state index contributed by atoms with van der Waals surface area (Å²) >= 11 is 0. The fourth-order valence-electron chi connectivity index (χ4n) is 2.14. The van der Waals surface area contributed by atoms with Gasteiger partial charge in [-0.15, -0.1) is 0 Å². The van der Waals surface area contributed by atoms with Gasteiger partial charge >= 0.3 is 5.97 Å². The van der Waals surface area contributed by atoms with Gasteiger partial charge in [-0.1, -0.05) is 0 Å². The van der Waals surface area contributed by atoms with E-state index in [0.717, 1.165) is 0 Å². The number of carbonyl (C=O) groups is 3. The molecule has 0 saturated carbocycles. The molecule has 1 rings (SSSR count). The van der Waals surface area contributed by atoms with E-state index in [-0.39, 0.29) is 37.2 Å². The number of amides is 2. The molecule has 132 valence electrons. The Balaban J connectivity index is 2.51. The van der Waals surface area contributed by atoms with E-state index in [9.17, 15) is 18.8 Å². The Hall–Kier alpha value is -2.44. The van der Waals surface area contributed by atoms with E-state index in [1.54, 1.807) is 13.8 Å². The standard InChI is InChI=1S/C17H23FN2O4/c1-12(2)20(16(22)5-3-4-6-17(23)24)11-15(21)19-14-9-7-13(18)8-10-14/h7-10,12H,3-6,11H2,1-2H3,(H,19,21)(H,23,24). The molecular weight excluding hydrogens is 315 g/mol. The first-order valence-electron chi connectivity index (χ1n) is 7.86. The molecule has 0 unspecified atom stereocenters. The lowest BCUT2D eigenvalue weighted by Gasteiger charge is -2.26. The van der Waals surface area contributed by atoms with Crippen LogP contribution in [0.25, 0.3) is 0 Å². The van der Waals surface area contributed by atoms with Crippen LogP contribution in [-0.4, -0.2) is 40.4 Å². The average Bonchev–Trinajstić information content (AvgIpc) is 2.50. The van der Waals surface area contributed by atoms with Crippen molar-refractivity contribution in [3.05, 3.63) is 30.1 Å². The van der Waals surface area contributed by atoms with Crippen molar-refractivity contribution in [2.75, 3.05) is 11.9 Å². The summed E-state index contributed by atoms with van der Waals surface area (Å²) in [5.41, 5.74) is 0.457. The van der Waals surface area contributed by atoms with Gasteiger partial charge in [0.15, 0.2) is 0 Å². The Morgan fingerprint density at radius 1 is 1.12 bits per heavy atom.